The zero-order valence-electron chi connectivity index (χ0n) is 17.5. The number of halogens is 1. The number of nitrogens with zero attached hydrogens (tertiary/aromatic N) is 2. The first kappa shape index (κ1) is 23.5. The fourth-order valence-corrected chi connectivity index (χ4v) is 3.67. The molecule has 1 N–H and O–H groups in total. The highest BCUT2D eigenvalue weighted by Crippen LogP contribution is 2.33. The average molecular weight is 509 g/mol. The van der Waals surface area contributed by atoms with Crippen LogP contribution in [0.1, 0.15) is 30.6 Å². The predicted octanol–water partition coefficient (Wildman–Crippen LogP) is 4.49. The summed E-state index contributed by atoms with van der Waals surface area (Å²) in [6, 6.07) is 18.7. The van der Waals surface area contributed by atoms with Crippen molar-refractivity contribution in [1.29, 1.82) is 0 Å². The number of rotatable bonds is 7. The summed E-state index contributed by atoms with van der Waals surface area (Å²) in [5.41, 5.74) is 2.48. The van der Waals surface area contributed by atoms with Crippen LogP contribution in [0.15, 0.2) is 59.6 Å². The van der Waals surface area contributed by atoms with E-state index in [9.17, 15) is 0 Å². The van der Waals surface area contributed by atoms with Crippen LogP contribution in [0.4, 0.5) is 0 Å². The van der Waals surface area contributed by atoms with Crippen LogP contribution >= 0.6 is 24.0 Å². The Morgan fingerprint density at radius 3 is 2.55 bits per heavy atom. The van der Waals surface area contributed by atoms with Crippen molar-refractivity contribution in [2.24, 2.45) is 10.9 Å². The van der Waals surface area contributed by atoms with Gasteiger partial charge in [-0.2, -0.15) is 0 Å². The lowest BCUT2D eigenvalue weighted by atomic mass is 9.95. The summed E-state index contributed by atoms with van der Waals surface area (Å²) >= 11 is 0. The van der Waals surface area contributed by atoms with E-state index < -0.39 is 0 Å². The van der Waals surface area contributed by atoms with E-state index in [1.807, 2.05) is 32.2 Å². The zero-order chi connectivity index (χ0) is 19.8. The van der Waals surface area contributed by atoms with E-state index in [4.69, 9.17) is 9.47 Å². The van der Waals surface area contributed by atoms with E-state index in [2.05, 4.69) is 58.7 Å². The van der Waals surface area contributed by atoms with E-state index in [-0.39, 0.29) is 30.1 Å². The van der Waals surface area contributed by atoms with Crippen LogP contribution in [0.5, 0.6) is 5.75 Å². The van der Waals surface area contributed by atoms with Crippen LogP contribution in [-0.4, -0.2) is 44.7 Å². The highest BCUT2D eigenvalue weighted by atomic mass is 127. The standard InChI is InChI=1S/C23H31N3O2.HI/c1-4-27-21-12-10-18(11-13-21)17-26(3)23(24-2)25-16-20-14-15-28-22(20)19-8-6-5-7-9-19;/h5-13,20,22H,4,14-17H2,1-3H3,(H,24,25);1H. The molecule has 0 spiro atoms. The normalized spacial score (nSPS) is 18.8. The Morgan fingerprint density at radius 1 is 1.17 bits per heavy atom. The van der Waals surface area contributed by atoms with Crippen molar-refractivity contribution >= 4 is 29.9 Å². The summed E-state index contributed by atoms with van der Waals surface area (Å²) in [5, 5.41) is 3.53. The van der Waals surface area contributed by atoms with Crippen LogP contribution in [-0.2, 0) is 11.3 Å². The Bertz CT molecular complexity index is 752. The number of hydrogen-bond donors (Lipinski definition) is 1. The summed E-state index contributed by atoms with van der Waals surface area (Å²) in [7, 11) is 3.89. The molecule has 1 fully saturated rings. The lowest BCUT2D eigenvalue weighted by Crippen LogP contribution is -2.41. The highest BCUT2D eigenvalue weighted by Gasteiger charge is 2.29. The lowest BCUT2D eigenvalue weighted by molar-refractivity contribution is 0.0914. The monoisotopic (exact) mass is 509 g/mol. The molecule has 0 amide bonds. The van der Waals surface area contributed by atoms with Gasteiger partial charge in [-0.15, -0.1) is 24.0 Å². The van der Waals surface area contributed by atoms with Gasteiger partial charge in [0.05, 0.1) is 12.7 Å². The predicted molar refractivity (Wildman–Crippen MR) is 129 cm³/mol. The van der Waals surface area contributed by atoms with Crippen molar-refractivity contribution < 1.29 is 9.47 Å². The molecule has 0 aliphatic carbocycles. The number of nitrogens with one attached hydrogen (secondary N) is 1. The van der Waals surface area contributed by atoms with Gasteiger partial charge in [0, 0.05) is 39.7 Å². The van der Waals surface area contributed by atoms with Gasteiger partial charge in [0.25, 0.3) is 0 Å². The molecular formula is C23H32IN3O2. The zero-order valence-corrected chi connectivity index (χ0v) is 19.8. The Kier molecular flexibility index (Phi) is 9.73. The van der Waals surface area contributed by atoms with Gasteiger partial charge in [-0.25, -0.2) is 0 Å². The summed E-state index contributed by atoms with van der Waals surface area (Å²) in [5.74, 6) is 2.25. The van der Waals surface area contributed by atoms with Crippen LogP contribution in [0, 0.1) is 5.92 Å². The Balaban J connectivity index is 0.00000300. The third kappa shape index (κ3) is 6.60. The van der Waals surface area contributed by atoms with Gasteiger partial charge in [0.1, 0.15) is 5.75 Å². The summed E-state index contributed by atoms with van der Waals surface area (Å²) in [4.78, 5) is 6.60. The smallest absolute Gasteiger partial charge is 0.193 e. The lowest BCUT2D eigenvalue weighted by Gasteiger charge is -2.25. The Labute approximate surface area is 191 Å². The number of guanidine groups is 1. The maximum atomic E-state index is 6.00. The molecule has 1 saturated heterocycles. The van der Waals surface area contributed by atoms with Crippen molar-refractivity contribution in [3.63, 3.8) is 0 Å². The molecule has 6 heteroatoms. The molecule has 1 aliphatic rings. The Morgan fingerprint density at radius 2 is 1.90 bits per heavy atom. The van der Waals surface area contributed by atoms with Gasteiger partial charge in [-0.3, -0.25) is 4.99 Å². The number of ether oxygens (including phenoxy) is 2. The molecule has 1 aliphatic heterocycles. The summed E-state index contributed by atoms with van der Waals surface area (Å²) < 4.78 is 11.5. The minimum atomic E-state index is 0. The molecule has 29 heavy (non-hydrogen) atoms. The van der Waals surface area contributed by atoms with E-state index in [1.54, 1.807) is 0 Å². The summed E-state index contributed by atoms with van der Waals surface area (Å²) in [6.45, 7) is 5.13. The third-order valence-corrected chi connectivity index (χ3v) is 5.09. The van der Waals surface area contributed by atoms with Gasteiger partial charge in [-0.1, -0.05) is 42.5 Å². The topological polar surface area (TPSA) is 46.1 Å². The molecule has 0 saturated carbocycles. The molecule has 3 rings (SSSR count). The highest BCUT2D eigenvalue weighted by molar-refractivity contribution is 14.0. The molecule has 158 valence electrons. The first-order chi connectivity index (χ1) is 13.7. The molecule has 2 unspecified atom stereocenters. The van der Waals surface area contributed by atoms with Crippen LogP contribution in [0.3, 0.4) is 0 Å². The molecule has 0 aromatic heterocycles. The van der Waals surface area contributed by atoms with E-state index in [1.165, 1.54) is 11.1 Å². The van der Waals surface area contributed by atoms with Gasteiger partial charge in [0.15, 0.2) is 5.96 Å². The van der Waals surface area contributed by atoms with Crippen molar-refractivity contribution in [2.45, 2.75) is 26.0 Å². The fourth-order valence-electron chi connectivity index (χ4n) is 3.67. The fraction of sp³-hybridized carbons (Fsp3) is 0.435. The maximum Gasteiger partial charge on any atom is 0.193 e. The van der Waals surface area contributed by atoms with Gasteiger partial charge >= 0.3 is 0 Å². The van der Waals surface area contributed by atoms with E-state index >= 15 is 0 Å². The third-order valence-electron chi connectivity index (χ3n) is 5.09. The van der Waals surface area contributed by atoms with Crippen LogP contribution < -0.4 is 10.1 Å². The van der Waals surface area contributed by atoms with E-state index in [0.717, 1.165) is 37.8 Å². The first-order valence-corrected chi connectivity index (χ1v) is 10.0. The van der Waals surface area contributed by atoms with Gasteiger partial charge < -0.3 is 19.7 Å². The van der Waals surface area contributed by atoms with E-state index in [0.29, 0.717) is 12.5 Å². The second-order valence-electron chi connectivity index (χ2n) is 7.11. The summed E-state index contributed by atoms with van der Waals surface area (Å²) in [6.07, 6.45) is 1.22. The number of benzene rings is 2. The maximum absolute atomic E-state index is 6.00. The molecule has 2 aromatic carbocycles. The van der Waals surface area contributed by atoms with Gasteiger partial charge in [-0.05, 0) is 36.6 Å². The van der Waals surface area contributed by atoms with Crippen molar-refractivity contribution in [1.82, 2.24) is 10.2 Å². The molecular weight excluding hydrogens is 477 g/mol. The number of aliphatic imine (C=N–C) groups is 1. The molecule has 0 bridgehead atoms. The molecule has 0 radical (unpaired) electrons. The largest absolute Gasteiger partial charge is 0.494 e. The SMILES string of the molecule is CCOc1ccc(CN(C)C(=NC)NCC2CCOC2c2ccccc2)cc1.I. The Hall–Kier alpha value is -1.80. The first-order valence-electron chi connectivity index (χ1n) is 10.0. The minimum Gasteiger partial charge on any atom is -0.494 e. The quantitative estimate of drug-likeness (QED) is 0.340. The van der Waals surface area contributed by atoms with Crippen molar-refractivity contribution in [2.75, 3.05) is 33.9 Å². The van der Waals surface area contributed by atoms with Gasteiger partial charge in [0.2, 0.25) is 0 Å². The van der Waals surface area contributed by atoms with Crippen molar-refractivity contribution in [3.05, 3.63) is 65.7 Å². The number of hydrogen-bond acceptors (Lipinski definition) is 3. The molecule has 2 atom stereocenters. The molecule has 5 nitrogen and oxygen atoms in total. The molecule has 2 aromatic rings. The molecule has 1 heterocycles. The van der Waals surface area contributed by atoms with Crippen LogP contribution in [0.25, 0.3) is 0 Å². The second kappa shape index (κ2) is 12.0. The second-order valence-corrected chi connectivity index (χ2v) is 7.11. The van der Waals surface area contributed by atoms with Crippen LogP contribution in [0.2, 0.25) is 0 Å². The van der Waals surface area contributed by atoms with Crippen molar-refractivity contribution in [3.8, 4) is 5.75 Å². The minimum absolute atomic E-state index is 0. The average Bonchev–Trinajstić information content (AvgIpc) is 3.19.